The first-order valence-corrected chi connectivity index (χ1v) is 7.81. The van der Waals surface area contributed by atoms with Crippen LogP contribution in [0.15, 0.2) is 24.3 Å². The minimum absolute atomic E-state index is 0.197. The second-order valence-corrected chi connectivity index (χ2v) is 5.57. The normalized spacial score (nSPS) is 18.5. The second-order valence-electron chi connectivity index (χ2n) is 5.57. The van der Waals surface area contributed by atoms with Crippen LogP contribution in [0.25, 0.3) is 0 Å². The molecule has 1 aliphatic rings. The van der Waals surface area contributed by atoms with Crippen LogP contribution in [0, 0.1) is 0 Å². The molecule has 1 aliphatic heterocycles. The van der Waals surface area contributed by atoms with Crippen molar-refractivity contribution in [2.75, 3.05) is 11.4 Å². The zero-order chi connectivity index (χ0) is 14.4. The average Bonchev–Trinajstić information content (AvgIpc) is 2.63. The number of hydrogen-bond donors (Lipinski definition) is 1. The fourth-order valence-electron chi connectivity index (χ4n) is 2.83. The van der Waals surface area contributed by atoms with E-state index in [1.807, 2.05) is 29.2 Å². The molecule has 1 atom stereocenters. The lowest BCUT2D eigenvalue weighted by atomic mass is 10.0. The van der Waals surface area contributed by atoms with Crippen molar-refractivity contribution in [1.82, 2.24) is 0 Å². The maximum absolute atomic E-state index is 12.4. The van der Waals surface area contributed by atoms with Crippen LogP contribution in [0.1, 0.15) is 63.5 Å². The van der Waals surface area contributed by atoms with Gasteiger partial charge in [-0.2, -0.15) is 0 Å². The molecule has 1 heterocycles. The van der Waals surface area contributed by atoms with Crippen LogP contribution in [-0.2, 0) is 4.79 Å². The molecule has 1 aromatic rings. The maximum atomic E-state index is 12.4. The number of amides is 1. The number of para-hydroxylation sites is 1. The van der Waals surface area contributed by atoms with Gasteiger partial charge in [-0.3, -0.25) is 4.79 Å². The predicted octanol–water partition coefficient (Wildman–Crippen LogP) is 3.82. The van der Waals surface area contributed by atoms with Crippen molar-refractivity contribution in [1.29, 1.82) is 0 Å². The van der Waals surface area contributed by atoms with Gasteiger partial charge in [-0.1, -0.05) is 44.4 Å². The van der Waals surface area contributed by atoms with Crippen molar-refractivity contribution >= 4 is 11.6 Å². The first-order chi connectivity index (χ1) is 9.74. The molecule has 0 radical (unpaired) electrons. The van der Waals surface area contributed by atoms with Crippen LogP contribution in [0.3, 0.4) is 0 Å². The Bertz CT molecular complexity index is 444. The van der Waals surface area contributed by atoms with Crippen molar-refractivity contribution in [2.45, 2.75) is 58.0 Å². The number of carbonyl (C=O) groups excluding carboxylic acids is 1. The predicted molar refractivity (Wildman–Crippen MR) is 81.7 cm³/mol. The van der Waals surface area contributed by atoms with Crippen molar-refractivity contribution in [3.8, 4) is 0 Å². The Labute approximate surface area is 121 Å². The van der Waals surface area contributed by atoms with E-state index in [1.54, 1.807) is 0 Å². The lowest BCUT2D eigenvalue weighted by molar-refractivity contribution is -0.118. The van der Waals surface area contributed by atoms with E-state index in [1.165, 1.54) is 12.8 Å². The first-order valence-electron chi connectivity index (χ1n) is 7.81. The quantitative estimate of drug-likeness (QED) is 0.830. The monoisotopic (exact) mass is 275 g/mol. The number of fused-ring (bicyclic) bond motifs is 1. The van der Waals surface area contributed by atoms with Gasteiger partial charge in [0, 0.05) is 24.2 Å². The second kappa shape index (κ2) is 7.44. The summed E-state index contributed by atoms with van der Waals surface area (Å²) < 4.78 is 0. The molecule has 3 nitrogen and oxygen atoms in total. The molecule has 3 heteroatoms. The number of hydrogen-bond acceptors (Lipinski definition) is 2. The van der Waals surface area contributed by atoms with E-state index in [0.717, 1.165) is 43.5 Å². The van der Waals surface area contributed by atoms with Gasteiger partial charge in [-0.25, -0.2) is 0 Å². The standard InChI is InChI=1S/C17H25NO2/c1-2-3-4-5-12-17(20)18-13-8-11-16(19)14-9-6-7-10-15(14)18/h6-7,9-10,16,19H,2-5,8,11-13H2,1H3. The Kier molecular flexibility index (Phi) is 5.60. The SMILES string of the molecule is CCCCCCC(=O)N1CCCC(O)c2ccccc21. The highest BCUT2D eigenvalue weighted by Gasteiger charge is 2.24. The minimum atomic E-state index is -0.441. The molecule has 1 unspecified atom stereocenters. The lowest BCUT2D eigenvalue weighted by Gasteiger charge is -2.23. The molecule has 1 amide bonds. The summed E-state index contributed by atoms with van der Waals surface area (Å²) in [5, 5.41) is 10.1. The summed E-state index contributed by atoms with van der Waals surface area (Å²) in [5.41, 5.74) is 1.80. The summed E-state index contributed by atoms with van der Waals surface area (Å²) in [4.78, 5) is 14.3. The third kappa shape index (κ3) is 3.60. The van der Waals surface area contributed by atoms with Crippen molar-refractivity contribution in [3.63, 3.8) is 0 Å². The molecule has 0 spiro atoms. The highest BCUT2D eigenvalue weighted by Crippen LogP contribution is 2.33. The Morgan fingerprint density at radius 1 is 1.30 bits per heavy atom. The molecule has 0 aliphatic carbocycles. The van der Waals surface area contributed by atoms with Crippen LogP contribution >= 0.6 is 0 Å². The van der Waals surface area contributed by atoms with E-state index < -0.39 is 6.10 Å². The molecule has 1 aromatic carbocycles. The Morgan fingerprint density at radius 2 is 2.10 bits per heavy atom. The van der Waals surface area contributed by atoms with Crippen LogP contribution < -0.4 is 4.90 Å². The molecule has 2 rings (SSSR count). The van der Waals surface area contributed by atoms with Gasteiger partial charge in [0.25, 0.3) is 0 Å². The summed E-state index contributed by atoms with van der Waals surface area (Å²) in [5.74, 6) is 0.197. The van der Waals surface area contributed by atoms with E-state index in [-0.39, 0.29) is 5.91 Å². The highest BCUT2D eigenvalue weighted by molar-refractivity contribution is 5.94. The van der Waals surface area contributed by atoms with Crippen LogP contribution in [0.4, 0.5) is 5.69 Å². The Balaban J connectivity index is 2.07. The van der Waals surface area contributed by atoms with Crippen LogP contribution in [0.2, 0.25) is 0 Å². The van der Waals surface area contributed by atoms with Gasteiger partial charge in [0.15, 0.2) is 0 Å². The van der Waals surface area contributed by atoms with Gasteiger partial charge in [-0.05, 0) is 25.3 Å². The largest absolute Gasteiger partial charge is 0.388 e. The number of unbranched alkanes of at least 4 members (excludes halogenated alkanes) is 3. The molecule has 0 saturated heterocycles. The number of nitrogens with zero attached hydrogens (tertiary/aromatic N) is 1. The number of benzene rings is 1. The van der Waals surface area contributed by atoms with Gasteiger partial charge in [0.2, 0.25) is 5.91 Å². The van der Waals surface area contributed by atoms with Crippen molar-refractivity contribution in [2.24, 2.45) is 0 Å². The summed E-state index contributed by atoms with van der Waals surface area (Å²) in [6, 6.07) is 7.75. The smallest absolute Gasteiger partial charge is 0.226 e. The third-order valence-corrected chi connectivity index (χ3v) is 3.99. The van der Waals surface area contributed by atoms with Gasteiger partial charge < -0.3 is 10.0 Å². The van der Waals surface area contributed by atoms with Gasteiger partial charge in [0.1, 0.15) is 0 Å². The molecular weight excluding hydrogens is 250 g/mol. The van der Waals surface area contributed by atoms with E-state index in [4.69, 9.17) is 0 Å². The van der Waals surface area contributed by atoms with E-state index in [2.05, 4.69) is 6.92 Å². The van der Waals surface area contributed by atoms with E-state index >= 15 is 0 Å². The fourth-order valence-corrected chi connectivity index (χ4v) is 2.83. The molecule has 0 saturated carbocycles. The van der Waals surface area contributed by atoms with Crippen LogP contribution in [0.5, 0.6) is 0 Å². The number of anilines is 1. The summed E-state index contributed by atoms with van der Waals surface area (Å²) in [6.45, 7) is 2.90. The van der Waals surface area contributed by atoms with Crippen molar-refractivity contribution < 1.29 is 9.90 Å². The molecular formula is C17H25NO2. The topological polar surface area (TPSA) is 40.5 Å². The first kappa shape index (κ1) is 15.0. The fraction of sp³-hybridized carbons (Fsp3) is 0.588. The van der Waals surface area contributed by atoms with Gasteiger partial charge in [-0.15, -0.1) is 0 Å². The maximum Gasteiger partial charge on any atom is 0.226 e. The molecule has 20 heavy (non-hydrogen) atoms. The van der Waals surface area contributed by atoms with Crippen LogP contribution in [-0.4, -0.2) is 17.6 Å². The zero-order valence-electron chi connectivity index (χ0n) is 12.3. The molecule has 110 valence electrons. The van der Waals surface area contributed by atoms with Crippen molar-refractivity contribution in [3.05, 3.63) is 29.8 Å². The molecule has 0 aromatic heterocycles. The molecule has 0 fully saturated rings. The zero-order valence-corrected chi connectivity index (χ0v) is 12.3. The molecule has 0 bridgehead atoms. The lowest BCUT2D eigenvalue weighted by Crippen LogP contribution is -2.31. The Morgan fingerprint density at radius 3 is 2.90 bits per heavy atom. The number of carbonyl (C=O) groups is 1. The number of aliphatic hydroxyl groups is 1. The van der Waals surface area contributed by atoms with E-state index in [9.17, 15) is 9.90 Å². The summed E-state index contributed by atoms with van der Waals surface area (Å²) in [6.07, 6.45) is 6.24. The summed E-state index contributed by atoms with van der Waals surface area (Å²) in [7, 11) is 0. The van der Waals surface area contributed by atoms with Gasteiger partial charge in [0.05, 0.1) is 6.10 Å². The van der Waals surface area contributed by atoms with E-state index in [0.29, 0.717) is 6.42 Å². The number of aliphatic hydroxyl groups excluding tert-OH is 1. The Hall–Kier alpha value is -1.35. The average molecular weight is 275 g/mol. The van der Waals surface area contributed by atoms with Gasteiger partial charge >= 0.3 is 0 Å². The third-order valence-electron chi connectivity index (χ3n) is 3.99. The number of rotatable bonds is 5. The highest BCUT2D eigenvalue weighted by atomic mass is 16.3. The summed E-state index contributed by atoms with van der Waals surface area (Å²) >= 11 is 0. The minimum Gasteiger partial charge on any atom is -0.388 e. The molecule has 1 N–H and O–H groups in total.